The topological polar surface area (TPSA) is 26.3 Å². The lowest BCUT2D eigenvalue weighted by Gasteiger charge is -2.06. The molecule has 0 radical (unpaired) electrons. The molecule has 0 N–H and O–H groups in total. The van der Waals surface area contributed by atoms with Crippen molar-refractivity contribution in [2.45, 2.75) is 76.0 Å². The summed E-state index contributed by atoms with van der Waals surface area (Å²) in [4.78, 5) is 13.8. The molecule has 0 aromatic heterocycles. The van der Waals surface area contributed by atoms with E-state index in [0.29, 0.717) is 5.56 Å². The molecule has 3 heteroatoms. The normalized spacial score (nSPS) is 10.8. The van der Waals surface area contributed by atoms with Gasteiger partial charge < -0.3 is 4.74 Å². The van der Waals surface area contributed by atoms with Crippen LogP contribution in [0.5, 0.6) is 5.75 Å². The maximum absolute atomic E-state index is 12.6. The minimum absolute atomic E-state index is 0.0545. The number of methoxy groups -OCH3 is 1. The standard InChI is InChI=1S/C26H36O2S/c1-3-4-5-6-7-8-9-10-11-12-21-29-25-19-15-23(16-20-25)26(27)22-13-17-24(28-2)18-14-22/h13-20H,3-12,21H2,1-2H3. The van der Waals surface area contributed by atoms with Gasteiger partial charge in [-0.2, -0.15) is 0 Å². The quantitative estimate of drug-likeness (QED) is 0.169. The van der Waals surface area contributed by atoms with Gasteiger partial charge in [0, 0.05) is 16.0 Å². The number of ether oxygens (including phenoxy) is 1. The van der Waals surface area contributed by atoms with Gasteiger partial charge in [-0.3, -0.25) is 4.79 Å². The second-order valence-electron chi connectivity index (χ2n) is 7.61. The van der Waals surface area contributed by atoms with Gasteiger partial charge in [-0.05, 0) is 60.7 Å². The molecule has 0 atom stereocenters. The van der Waals surface area contributed by atoms with Crippen molar-refractivity contribution >= 4 is 17.5 Å². The van der Waals surface area contributed by atoms with Crippen LogP contribution >= 0.6 is 11.8 Å². The summed E-state index contributed by atoms with van der Waals surface area (Å²) in [6.45, 7) is 2.27. The highest BCUT2D eigenvalue weighted by molar-refractivity contribution is 7.99. The lowest BCUT2D eigenvalue weighted by Crippen LogP contribution is -2.00. The molecule has 0 aliphatic carbocycles. The second kappa shape index (κ2) is 14.3. The first kappa shape index (κ1) is 23.5. The van der Waals surface area contributed by atoms with Crippen LogP contribution < -0.4 is 4.74 Å². The molecular weight excluding hydrogens is 376 g/mol. The highest BCUT2D eigenvalue weighted by Gasteiger charge is 2.09. The zero-order valence-corrected chi connectivity index (χ0v) is 18.9. The van der Waals surface area contributed by atoms with Gasteiger partial charge in [0.2, 0.25) is 0 Å². The Morgan fingerprint density at radius 1 is 0.724 bits per heavy atom. The summed E-state index contributed by atoms with van der Waals surface area (Å²) in [6, 6.07) is 15.3. The largest absolute Gasteiger partial charge is 0.497 e. The molecule has 0 spiro atoms. The number of carbonyl (C=O) groups excluding carboxylic acids is 1. The number of unbranched alkanes of at least 4 members (excludes halogenated alkanes) is 9. The number of hydrogen-bond acceptors (Lipinski definition) is 3. The van der Waals surface area contributed by atoms with E-state index in [1.807, 2.05) is 48.2 Å². The number of ketones is 1. The summed E-state index contributed by atoms with van der Waals surface area (Å²) in [5.74, 6) is 1.97. The predicted octanol–water partition coefficient (Wildman–Crippen LogP) is 7.94. The number of benzene rings is 2. The Kier molecular flexibility index (Phi) is 11.6. The van der Waals surface area contributed by atoms with E-state index in [-0.39, 0.29) is 5.78 Å². The molecule has 2 aromatic rings. The molecule has 0 bridgehead atoms. The van der Waals surface area contributed by atoms with E-state index in [4.69, 9.17) is 4.74 Å². The molecule has 0 heterocycles. The molecule has 0 aliphatic heterocycles. The molecule has 0 saturated heterocycles. The van der Waals surface area contributed by atoms with Crippen LogP contribution in [0.3, 0.4) is 0 Å². The maximum Gasteiger partial charge on any atom is 0.193 e. The van der Waals surface area contributed by atoms with Crippen LogP contribution in [-0.4, -0.2) is 18.6 Å². The molecule has 158 valence electrons. The van der Waals surface area contributed by atoms with Crippen molar-refractivity contribution in [3.63, 3.8) is 0 Å². The third-order valence-corrected chi connectivity index (χ3v) is 6.33. The zero-order valence-electron chi connectivity index (χ0n) is 18.1. The van der Waals surface area contributed by atoms with E-state index in [1.54, 1.807) is 7.11 Å². The predicted molar refractivity (Wildman–Crippen MR) is 125 cm³/mol. The van der Waals surface area contributed by atoms with Crippen LogP contribution in [0.25, 0.3) is 0 Å². The molecule has 0 aliphatic rings. The van der Waals surface area contributed by atoms with E-state index in [2.05, 4.69) is 19.1 Å². The lowest BCUT2D eigenvalue weighted by molar-refractivity contribution is 0.103. The van der Waals surface area contributed by atoms with Crippen molar-refractivity contribution < 1.29 is 9.53 Å². The Labute approximate surface area is 181 Å². The third kappa shape index (κ3) is 9.08. The molecule has 0 unspecified atom stereocenters. The fourth-order valence-corrected chi connectivity index (χ4v) is 4.30. The summed E-state index contributed by atoms with van der Waals surface area (Å²) < 4.78 is 5.15. The number of hydrogen-bond donors (Lipinski definition) is 0. The van der Waals surface area contributed by atoms with E-state index < -0.39 is 0 Å². The highest BCUT2D eigenvalue weighted by Crippen LogP contribution is 2.22. The molecule has 2 rings (SSSR count). The lowest BCUT2D eigenvalue weighted by atomic mass is 10.0. The minimum Gasteiger partial charge on any atom is -0.497 e. The van der Waals surface area contributed by atoms with Gasteiger partial charge in [-0.15, -0.1) is 11.8 Å². The van der Waals surface area contributed by atoms with Gasteiger partial charge in [0.15, 0.2) is 5.78 Å². The zero-order chi connectivity index (χ0) is 20.7. The Hall–Kier alpha value is -1.74. The van der Waals surface area contributed by atoms with E-state index in [9.17, 15) is 4.79 Å². The fourth-order valence-electron chi connectivity index (χ4n) is 3.39. The van der Waals surface area contributed by atoms with Crippen molar-refractivity contribution in [1.82, 2.24) is 0 Å². The SMILES string of the molecule is CCCCCCCCCCCCSc1ccc(C(=O)c2ccc(OC)cc2)cc1. The van der Waals surface area contributed by atoms with E-state index >= 15 is 0 Å². The molecule has 29 heavy (non-hydrogen) atoms. The summed E-state index contributed by atoms with van der Waals surface area (Å²) in [5.41, 5.74) is 1.43. The van der Waals surface area contributed by atoms with Crippen LogP contribution in [-0.2, 0) is 0 Å². The van der Waals surface area contributed by atoms with Gasteiger partial charge in [0.1, 0.15) is 5.75 Å². The summed E-state index contributed by atoms with van der Waals surface area (Å²) >= 11 is 1.89. The Balaban J connectivity index is 1.61. The van der Waals surface area contributed by atoms with E-state index in [0.717, 1.165) is 17.1 Å². The van der Waals surface area contributed by atoms with Gasteiger partial charge in [-0.25, -0.2) is 0 Å². The molecule has 0 saturated carbocycles. The van der Waals surface area contributed by atoms with Crippen molar-refractivity contribution in [1.29, 1.82) is 0 Å². The first-order chi connectivity index (χ1) is 14.2. The molecular formula is C26H36O2S. The van der Waals surface area contributed by atoms with Crippen molar-refractivity contribution in [2.24, 2.45) is 0 Å². The highest BCUT2D eigenvalue weighted by atomic mass is 32.2. The molecule has 0 fully saturated rings. The van der Waals surface area contributed by atoms with Crippen LogP contribution in [0.4, 0.5) is 0 Å². The van der Waals surface area contributed by atoms with Crippen LogP contribution in [0.15, 0.2) is 53.4 Å². The fraction of sp³-hybridized carbons (Fsp3) is 0.500. The smallest absolute Gasteiger partial charge is 0.193 e. The van der Waals surface area contributed by atoms with Crippen molar-refractivity contribution in [2.75, 3.05) is 12.9 Å². The number of carbonyl (C=O) groups is 1. The first-order valence-electron chi connectivity index (χ1n) is 11.2. The Morgan fingerprint density at radius 2 is 1.21 bits per heavy atom. The van der Waals surface area contributed by atoms with Gasteiger partial charge in [-0.1, -0.05) is 64.7 Å². The maximum atomic E-state index is 12.6. The number of rotatable bonds is 15. The van der Waals surface area contributed by atoms with Crippen molar-refractivity contribution in [3.8, 4) is 5.75 Å². The third-order valence-electron chi connectivity index (χ3n) is 5.24. The van der Waals surface area contributed by atoms with Crippen molar-refractivity contribution in [3.05, 3.63) is 59.7 Å². The van der Waals surface area contributed by atoms with Crippen LogP contribution in [0, 0.1) is 0 Å². The summed E-state index contributed by atoms with van der Waals surface area (Å²) in [6.07, 6.45) is 13.7. The Bertz CT molecular complexity index is 692. The molecule has 2 nitrogen and oxygen atoms in total. The molecule has 0 amide bonds. The van der Waals surface area contributed by atoms with Gasteiger partial charge in [0.05, 0.1) is 7.11 Å². The average molecular weight is 413 g/mol. The van der Waals surface area contributed by atoms with Gasteiger partial charge in [0.25, 0.3) is 0 Å². The first-order valence-corrected chi connectivity index (χ1v) is 12.1. The summed E-state index contributed by atoms with van der Waals surface area (Å²) in [5, 5.41) is 0. The van der Waals surface area contributed by atoms with Gasteiger partial charge >= 0.3 is 0 Å². The Morgan fingerprint density at radius 3 is 1.72 bits per heavy atom. The second-order valence-corrected chi connectivity index (χ2v) is 8.78. The number of thioether (sulfide) groups is 1. The monoisotopic (exact) mass is 412 g/mol. The minimum atomic E-state index is 0.0545. The van der Waals surface area contributed by atoms with E-state index in [1.165, 1.54) is 69.1 Å². The average Bonchev–Trinajstić information content (AvgIpc) is 2.77. The van der Waals surface area contributed by atoms with Crippen LogP contribution in [0.1, 0.15) is 87.1 Å². The van der Waals surface area contributed by atoms with Crippen LogP contribution in [0.2, 0.25) is 0 Å². The summed E-state index contributed by atoms with van der Waals surface area (Å²) in [7, 11) is 1.63. The molecule has 2 aromatic carbocycles.